The summed E-state index contributed by atoms with van der Waals surface area (Å²) in [5.41, 5.74) is 0.0123. The summed E-state index contributed by atoms with van der Waals surface area (Å²) in [6.45, 7) is 1.12. The zero-order valence-electron chi connectivity index (χ0n) is 15.8. The van der Waals surface area contributed by atoms with Crippen LogP contribution in [0.5, 0.6) is 5.75 Å². The first-order chi connectivity index (χ1) is 13.7. The molecule has 6 nitrogen and oxygen atoms in total. The number of aromatic nitrogens is 2. The maximum atomic E-state index is 13.4. The molecule has 3 fully saturated rings. The topological polar surface area (TPSA) is 73.2 Å². The second kappa shape index (κ2) is 7.09. The highest BCUT2D eigenvalue weighted by atomic mass is 35.5. The molecular weight excluding hydrogens is 404 g/mol. The second-order valence-corrected chi connectivity index (χ2v) is 8.51. The number of ether oxygens (including phenoxy) is 1. The van der Waals surface area contributed by atoms with Crippen LogP contribution < -0.4 is 10.1 Å². The molecule has 154 valence electrons. The van der Waals surface area contributed by atoms with Crippen LogP contribution in [0.4, 0.5) is 8.78 Å². The van der Waals surface area contributed by atoms with Crippen LogP contribution in [-0.2, 0) is 4.79 Å². The number of carbonyl (C=O) groups excluding carboxylic acids is 2. The lowest BCUT2D eigenvalue weighted by atomic mass is 9.38. The molecule has 5 rings (SSSR count). The fourth-order valence-corrected chi connectivity index (χ4v) is 4.60. The Labute approximate surface area is 171 Å². The fraction of sp³-hybridized carbons (Fsp3) is 0.450. The number of amides is 1. The van der Waals surface area contributed by atoms with Gasteiger partial charge in [0.2, 0.25) is 0 Å². The quantitative estimate of drug-likeness (QED) is 0.654. The highest BCUT2D eigenvalue weighted by Gasteiger charge is 2.68. The van der Waals surface area contributed by atoms with Crippen LogP contribution in [0.3, 0.4) is 0 Å². The lowest BCUT2D eigenvalue weighted by Gasteiger charge is -2.70. The third-order valence-electron chi connectivity index (χ3n) is 5.63. The zero-order valence-corrected chi connectivity index (χ0v) is 16.5. The summed E-state index contributed by atoms with van der Waals surface area (Å²) in [6, 6.07) is 3.99. The lowest BCUT2D eigenvalue weighted by Crippen LogP contribution is -2.75. The first-order valence-corrected chi connectivity index (χ1v) is 9.67. The van der Waals surface area contributed by atoms with Crippen molar-refractivity contribution >= 4 is 23.3 Å². The van der Waals surface area contributed by atoms with Gasteiger partial charge in [-0.05, 0) is 43.7 Å². The summed E-state index contributed by atoms with van der Waals surface area (Å²) in [6.07, 6.45) is 4.06. The van der Waals surface area contributed by atoms with Gasteiger partial charge in [-0.2, -0.15) is 5.10 Å². The van der Waals surface area contributed by atoms with Crippen molar-refractivity contribution in [2.24, 2.45) is 5.41 Å². The number of carbonyl (C=O) groups is 2. The van der Waals surface area contributed by atoms with Crippen LogP contribution in [0.25, 0.3) is 0 Å². The molecule has 3 aliphatic carbocycles. The van der Waals surface area contributed by atoms with Gasteiger partial charge >= 0.3 is 0 Å². The molecule has 1 amide bonds. The monoisotopic (exact) mass is 423 g/mol. The van der Waals surface area contributed by atoms with Crippen molar-refractivity contribution in [2.75, 3.05) is 6.61 Å². The van der Waals surface area contributed by atoms with E-state index in [1.54, 1.807) is 0 Å². The third-order valence-corrected chi connectivity index (χ3v) is 5.94. The van der Waals surface area contributed by atoms with Gasteiger partial charge in [-0.3, -0.25) is 9.59 Å². The van der Waals surface area contributed by atoms with E-state index in [1.807, 2.05) is 0 Å². The van der Waals surface area contributed by atoms with E-state index in [1.165, 1.54) is 31.5 Å². The van der Waals surface area contributed by atoms with Gasteiger partial charge in [0.15, 0.2) is 18.7 Å². The summed E-state index contributed by atoms with van der Waals surface area (Å²) >= 11 is 5.61. The molecular formula is C20H20ClF2N3O3. The Morgan fingerprint density at radius 3 is 2.72 bits per heavy atom. The number of alkyl halides is 1. The van der Waals surface area contributed by atoms with Gasteiger partial charge in [0.1, 0.15) is 11.6 Å². The minimum atomic E-state index is -1.28. The molecule has 3 aliphatic rings. The van der Waals surface area contributed by atoms with Crippen LogP contribution in [-0.4, -0.2) is 33.6 Å². The molecule has 0 radical (unpaired) electrons. The Kier molecular flexibility index (Phi) is 4.85. The summed E-state index contributed by atoms with van der Waals surface area (Å²) in [7, 11) is 0. The Morgan fingerprint density at radius 1 is 1.38 bits per heavy atom. The van der Waals surface area contributed by atoms with Crippen LogP contribution in [0.15, 0.2) is 30.6 Å². The number of benzene rings is 1. The molecule has 1 unspecified atom stereocenters. The van der Waals surface area contributed by atoms with Crippen molar-refractivity contribution in [3.8, 4) is 5.75 Å². The molecule has 2 aromatic rings. The van der Waals surface area contributed by atoms with Gasteiger partial charge in [0.25, 0.3) is 5.91 Å². The van der Waals surface area contributed by atoms with Gasteiger partial charge < -0.3 is 10.1 Å². The van der Waals surface area contributed by atoms with E-state index in [0.717, 1.165) is 30.0 Å². The number of nitrogens with zero attached hydrogens (tertiary/aromatic N) is 2. The summed E-state index contributed by atoms with van der Waals surface area (Å²) in [5.74, 6) is -0.741. The zero-order chi connectivity index (χ0) is 20.8. The van der Waals surface area contributed by atoms with Gasteiger partial charge in [-0.15, -0.1) is 0 Å². The molecule has 0 aliphatic heterocycles. The van der Waals surface area contributed by atoms with Crippen molar-refractivity contribution in [3.63, 3.8) is 0 Å². The number of hydrogen-bond acceptors (Lipinski definition) is 4. The molecule has 3 saturated carbocycles. The maximum Gasteiger partial charge on any atom is 0.258 e. The Morgan fingerprint density at radius 2 is 2.10 bits per heavy atom. The van der Waals surface area contributed by atoms with E-state index < -0.39 is 12.1 Å². The van der Waals surface area contributed by atoms with E-state index in [4.69, 9.17) is 16.3 Å². The molecule has 1 N–H and O–H groups in total. The average molecular weight is 424 g/mol. The minimum absolute atomic E-state index is 0.0120. The predicted octanol–water partition coefficient (Wildman–Crippen LogP) is 3.85. The molecule has 9 heteroatoms. The van der Waals surface area contributed by atoms with Gasteiger partial charge in [0.05, 0.1) is 16.8 Å². The van der Waals surface area contributed by atoms with E-state index in [-0.39, 0.29) is 40.0 Å². The number of nitrogens with one attached hydrogen (secondary N) is 1. The first kappa shape index (κ1) is 19.8. The number of rotatable bonds is 8. The largest absolute Gasteiger partial charge is 0.484 e. The van der Waals surface area contributed by atoms with Gasteiger partial charge in [-0.25, -0.2) is 13.5 Å². The Balaban J connectivity index is 1.23. The van der Waals surface area contributed by atoms with Crippen LogP contribution in [0, 0.1) is 11.2 Å². The highest BCUT2D eigenvalue weighted by molar-refractivity contribution is 6.30. The van der Waals surface area contributed by atoms with Crippen molar-refractivity contribution in [1.82, 2.24) is 15.1 Å². The molecule has 0 saturated heterocycles. The SMILES string of the molecule is CC(F)n1cc(C(=O)CC23CC(NC(=O)COc4ccc(Cl)c(F)c4)(C2)C3)cn1. The van der Waals surface area contributed by atoms with Crippen molar-refractivity contribution < 1.29 is 23.1 Å². The third kappa shape index (κ3) is 3.85. The minimum Gasteiger partial charge on any atom is -0.484 e. The lowest BCUT2D eigenvalue weighted by molar-refractivity contribution is -0.164. The molecule has 1 heterocycles. The standard InChI is InChI=1S/C20H20ClF2N3O3/c1-12(22)26-7-13(6-24-26)17(27)5-19-9-20(10-19,11-19)25-18(28)8-29-14-2-3-15(21)16(23)4-14/h2-4,6-7,12H,5,8-11H2,1H3,(H,25,28). The summed E-state index contributed by atoms with van der Waals surface area (Å²) < 4.78 is 33.0. The number of Topliss-reactive ketones (excluding diaryl/α,β-unsaturated/α-hetero) is 1. The van der Waals surface area contributed by atoms with Gasteiger partial charge in [-0.1, -0.05) is 11.6 Å². The molecule has 29 heavy (non-hydrogen) atoms. The number of halogens is 3. The predicted molar refractivity (Wildman–Crippen MR) is 101 cm³/mol. The van der Waals surface area contributed by atoms with E-state index in [0.29, 0.717) is 12.0 Å². The average Bonchev–Trinajstić information content (AvgIpc) is 3.10. The van der Waals surface area contributed by atoms with Crippen LogP contribution in [0.1, 0.15) is 49.3 Å². The normalized spacial score (nSPS) is 25.5. The van der Waals surface area contributed by atoms with E-state index in [2.05, 4.69) is 10.4 Å². The number of ketones is 1. The van der Waals surface area contributed by atoms with E-state index >= 15 is 0 Å². The Bertz CT molecular complexity index is 956. The fourth-order valence-electron chi connectivity index (χ4n) is 4.48. The summed E-state index contributed by atoms with van der Waals surface area (Å²) in [5, 5.41) is 6.79. The van der Waals surface area contributed by atoms with E-state index in [9.17, 15) is 18.4 Å². The molecule has 0 spiro atoms. The van der Waals surface area contributed by atoms with Crippen LogP contribution >= 0.6 is 11.6 Å². The van der Waals surface area contributed by atoms with Gasteiger partial charge in [0, 0.05) is 24.2 Å². The summed E-state index contributed by atoms with van der Waals surface area (Å²) in [4.78, 5) is 24.6. The number of hydrogen-bond donors (Lipinski definition) is 1. The molecule has 1 aromatic heterocycles. The first-order valence-electron chi connectivity index (χ1n) is 9.30. The van der Waals surface area contributed by atoms with Crippen molar-refractivity contribution in [2.45, 2.75) is 44.4 Å². The molecule has 1 atom stereocenters. The Hall–Kier alpha value is -2.48. The van der Waals surface area contributed by atoms with Crippen LogP contribution in [0.2, 0.25) is 5.02 Å². The molecule has 1 aromatic carbocycles. The van der Waals surface area contributed by atoms with Crippen molar-refractivity contribution in [3.05, 3.63) is 47.0 Å². The molecule has 2 bridgehead atoms. The maximum absolute atomic E-state index is 13.4. The highest BCUT2D eigenvalue weighted by Crippen LogP contribution is 2.69. The van der Waals surface area contributed by atoms with Crippen molar-refractivity contribution in [1.29, 1.82) is 0 Å². The smallest absolute Gasteiger partial charge is 0.258 e. The second-order valence-electron chi connectivity index (χ2n) is 8.11.